The largest absolute Gasteiger partial charge is 0.481 e. The molecule has 2 unspecified atom stereocenters. The molecule has 2 atom stereocenters. The topological polar surface area (TPSA) is 66.8 Å². The first kappa shape index (κ1) is 17.9. The van der Waals surface area contributed by atoms with Crippen LogP contribution < -0.4 is 4.74 Å². The molecule has 0 aromatic heterocycles. The minimum atomic E-state index is -0.931. The van der Waals surface area contributed by atoms with Gasteiger partial charge in [0.2, 0.25) is 0 Å². The van der Waals surface area contributed by atoms with Crippen molar-refractivity contribution in [3.8, 4) is 5.75 Å². The summed E-state index contributed by atoms with van der Waals surface area (Å²) in [6, 6.07) is 13.7. The van der Waals surface area contributed by atoms with Gasteiger partial charge in [-0.25, -0.2) is 4.39 Å². The highest BCUT2D eigenvalue weighted by molar-refractivity contribution is 5.80. The van der Waals surface area contributed by atoms with Gasteiger partial charge in [-0.2, -0.15) is 0 Å². The van der Waals surface area contributed by atoms with Crippen molar-refractivity contribution in [1.29, 1.82) is 0 Å². The van der Waals surface area contributed by atoms with Crippen molar-refractivity contribution in [3.63, 3.8) is 0 Å². The summed E-state index contributed by atoms with van der Waals surface area (Å²) in [5, 5.41) is 9.50. The van der Waals surface area contributed by atoms with E-state index in [4.69, 9.17) is 4.74 Å². The van der Waals surface area contributed by atoms with E-state index < -0.39 is 17.7 Å². The van der Waals surface area contributed by atoms with Crippen molar-refractivity contribution >= 4 is 11.9 Å². The third-order valence-corrected chi connectivity index (χ3v) is 4.66. The van der Waals surface area contributed by atoms with Gasteiger partial charge in [0.25, 0.3) is 5.91 Å². The monoisotopic (exact) mass is 357 g/mol. The zero-order valence-corrected chi connectivity index (χ0v) is 14.4. The summed E-state index contributed by atoms with van der Waals surface area (Å²) in [6.07, 6.45) is 0. The average molecular weight is 357 g/mol. The number of amides is 1. The zero-order valence-electron chi connectivity index (χ0n) is 14.4. The van der Waals surface area contributed by atoms with Crippen LogP contribution in [0.2, 0.25) is 0 Å². The van der Waals surface area contributed by atoms with Crippen LogP contribution in [0.15, 0.2) is 48.5 Å². The van der Waals surface area contributed by atoms with Gasteiger partial charge in [-0.15, -0.1) is 0 Å². The van der Waals surface area contributed by atoms with E-state index in [0.29, 0.717) is 6.54 Å². The predicted molar refractivity (Wildman–Crippen MR) is 93.5 cm³/mol. The molecule has 1 amide bonds. The van der Waals surface area contributed by atoms with Crippen LogP contribution in [0.3, 0.4) is 0 Å². The van der Waals surface area contributed by atoms with Crippen molar-refractivity contribution in [2.24, 2.45) is 5.92 Å². The second-order valence-electron chi connectivity index (χ2n) is 6.48. The van der Waals surface area contributed by atoms with E-state index in [9.17, 15) is 19.1 Å². The van der Waals surface area contributed by atoms with E-state index in [1.54, 1.807) is 13.0 Å². The number of rotatable bonds is 5. The maximum absolute atomic E-state index is 13.7. The number of aryl methyl sites for hydroxylation is 1. The molecule has 1 aliphatic rings. The Morgan fingerprint density at radius 3 is 2.62 bits per heavy atom. The molecule has 6 heteroatoms. The molecule has 0 spiro atoms. The molecule has 1 N–H and O–H groups in total. The summed E-state index contributed by atoms with van der Waals surface area (Å²) in [6.45, 7) is 1.90. The van der Waals surface area contributed by atoms with Crippen LogP contribution in [-0.2, 0) is 9.59 Å². The molecule has 3 rings (SSSR count). The number of hydrogen-bond acceptors (Lipinski definition) is 3. The first-order valence-corrected chi connectivity index (χ1v) is 8.40. The summed E-state index contributed by atoms with van der Waals surface area (Å²) in [4.78, 5) is 25.5. The van der Waals surface area contributed by atoms with Crippen LogP contribution >= 0.6 is 0 Å². The molecule has 0 bridgehead atoms. The Hall–Kier alpha value is -2.89. The molecule has 26 heavy (non-hydrogen) atoms. The van der Waals surface area contributed by atoms with Gasteiger partial charge in [0, 0.05) is 19.0 Å². The molecule has 136 valence electrons. The second-order valence-corrected chi connectivity index (χ2v) is 6.48. The van der Waals surface area contributed by atoms with Crippen LogP contribution in [0.25, 0.3) is 0 Å². The summed E-state index contributed by atoms with van der Waals surface area (Å²) in [5.74, 6) is -2.73. The SMILES string of the molecule is Cc1ccc(F)c(OCC(=O)N2CC(C(=O)O)C(c3ccccc3)C2)c1. The number of carbonyl (C=O) groups excluding carboxylic acids is 1. The minimum absolute atomic E-state index is 0.0203. The van der Waals surface area contributed by atoms with E-state index in [0.717, 1.165) is 11.1 Å². The Kier molecular flexibility index (Phi) is 5.21. The number of nitrogens with zero attached hydrogens (tertiary/aromatic N) is 1. The Labute approximate surface area is 151 Å². The molecule has 1 saturated heterocycles. The number of carboxylic acid groups (broad SMARTS) is 1. The quantitative estimate of drug-likeness (QED) is 0.894. The van der Waals surface area contributed by atoms with Crippen LogP contribution in [0.1, 0.15) is 17.0 Å². The fourth-order valence-corrected chi connectivity index (χ4v) is 3.25. The van der Waals surface area contributed by atoms with Gasteiger partial charge in [0.15, 0.2) is 18.2 Å². The number of ether oxygens (including phenoxy) is 1. The molecule has 2 aromatic rings. The van der Waals surface area contributed by atoms with Gasteiger partial charge >= 0.3 is 5.97 Å². The van der Waals surface area contributed by atoms with Crippen LogP contribution in [-0.4, -0.2) is 41.6 Å². The first-order chi connectivity index (χ1) is 12.5. The molecule has 1 heterocycles. The normalized spacial score (nSPS) is 19.4. The van der Waals surface area contributed by atoms with E-state index in [1.807, 2.05) is 30.3 Å². The molecule has 1 fully saturated rings. The molecular weight excluding hydrogens is 337 g/mol. The van der Waals surface area contributed by atoms with Gasteiger partial charge in [-0.05, 0) is 30.2 Å². The van der Waals surface area contributed by atoms with E-state index in [1.165, 1.54) is 17.0 Å². The third kappa shape index (κ3) is 3.85. The number of hydrogen-bond donors (Lipinski definition) is 1. The number of likely N-dealkylation sites (tertiary alicyclic amines) is 1. The molecular formula is C20H20FNO4. The smallest absolute Gasteiger partial charge is 0.308 e. The standard InChI is InChI=1S/C20H20FNO4/c1-13-7-8-17(21)18(9-13)26-12-19(23)22-10-15(16(11-22)20(24)25)14-5-3-2-4-6-14/h2-9,15-16H,10-12H2,1H3,(H,24,25). The lowest BCUT2D eigenvalue weighted by atomic mass is 9.89. The Morgan fingerprint density at radius 2 is 1.92 bits per heavy atom. The number of carboxylic acids is 1. The minimum Gasteiger partial charge on any atom is -0.481 e. The van der Waals surface area contributed by atoms with Gasteiger partial charge < -0.3 is 14.7 Å². The highest BCUT2D eigenvalue weighted by Crippen LogP contribution is 2.33. The summed E-state index contributed by atoms with van der Waals surface area (Å²) < 4.78 is 19.0. The fourth-order valence-electron chi connectivity index (χ4n) is 3.25. The number of halogens is 1. The van der Waals surface area contributed by atoms with E-state index in [-0.39, 0.29) is 30.7 Å². The Morgan fingerprint density at radius 1 is 1.19 bits per heavy atom. The van der Waals surface area contributed by atoms with Crippen molar-refractivity contribution in [2.45, 2.75) is 12.8 Å². The number of benzene rings is 2. The lowest BCUT2D eigenvalue weighted by Crippen LogP contribution is -2.34. The van der Waals surface area contributed by atoms with Crippen LogP contribution in [0.4, 0.5) is 4.39 Å². The molecule has 5 nitrogen and oxygen atoms in total. The number of carbonyl (C=O) groups is 2. The highest BCUT2D eigenvalue weighted by Gasteiger charge is 2.40. The second kappa shape index (κ2) is 7.56. The van der Waals surface area contributed by atoms with Crippen molar-refractivity contribution in [1.82, 2.24) is 4.90 Å². The highest BCUT2D eigenvalue weighted by atomic mass is 19.1. The summed E-state index contributed by atoms with van der Waals surface area (Å²) in [5.41, 5.74) is 1.71. The van der Waals surface area contributed by atoms with Gasteiger partial charge in [-0.3, -0.25) is 9.59 Å². The third-order valence-electron chi connectivity index (χ3n) is 4.66. The van der Waals surface area contributed by atoms with E-state index in [2.05, 4.69) is 0 Å². The predicted octanol–water partition coefficient (Wildman–Crippen LogP) is 2.84. The zero-order chi connectivity index (χ0) is 18.7. The Balaban J connectivity index is 1.68. The fraction of sp³-hybridized carbons (Fsp3) is 0.300. The van der Waals surface area contributed by atoms with Gasteiger partial charge in [0.1, 0.15) is 0 Å². The molecule has 0 radical (unpaired) electrons. The summed E-state index contributed by atoms with van der Waals surface area (Å²) in [7, 11) is 0. The number of aliphatic carboxylic acids is 1. The van der Waals surface area contributed by atoms with Crippen LogP contribution in [0.5, 0.6) is 5.75 Å². The van der Waals surface area contributed by atoms with E-state index >= 15 is 0 Å². The van der Waals surface area contributed by atoms with Crippen molar-refractivity contribution in [2.75, 3.05) is 19.7 Å². The maximum Gasteiger partial charge on any atom is 0.308 e. The van der Waals surface area contributed by atoms with Gasteiger partial charge in [0.05, 0.1) is 5.92 Å². The average Bonchev–Trinajstić information content (AvgIpc) is 3.09. The first-order valence-electron chi connectivity index (χ1n) is 8.40. The Bertz CT molecular complexity index is 809. The molecule has 0 aliphatic carbocycles. The maximum atomic E-state index is 13.7. The lowest BCUT2D eigenvalue weighted by molar-refractivity contribution is -0.142. The van der Waals surface area contributed by atoms with Gasteiger partial charge in [-0.1, -0.05) is 36.4 Å². The molecule has 2 aromatic carbocycles. The van der Waals surface area contributed by atoms with Crippen molar-refractivity contribution < 1.29 is 23.8 Å². The van der Waals surface area contributed by atoms with Crippen LogP contribution in [0, 0.1) is 18.7 Å². The summed E-state index contributed by atoms with van der Waals surface area (Å²) >= 11 is 0. The lowest BCUT2D eigenvalue weighted by Gasteiger charge is -2.17. The molecule has 0 saturated carbocycles. The van der Waals surface area contributed by atoms with Crippen molar-refractivity contribution in [3.05, 3.63) is 65.5 Å². The molecule has 1 aliphatic heterocycles.